The number of nitrogen functional groups attached to an aromatic ring is 1. The number of ether oxygens (including phenoxy) is 2. The molecule has 3 aromatic heterocycles. The van der Waals surface area contributed by atoms with E-state index in [1.54, 1.807) is 0 Å². The number of nitrogens with zero attached hydrogens (tertiary/aromatic N) is 5. The second-order valence-electron chi connectivity index (χ2n) is 10.6. The summed E-state index contributed by atoms with van der Waals surface area (Å²) in [6.45, 7) is -2.02. The van der Waals surface area contributed by atoms with Gasteiger partial charge in [0.1, 0.15) is 47.9 Å². The fourth-order valence-electron chi connectivity index (χ4n) is 5.08. The third kappa shape index (κ3) is 7.73. The van der Waals surface area contributed by atoms with Gasteiger partial charge in [-0.25, -0.2) is 28.6 Å². The van der Waals surface area contributed by atoms with Crippen LogP contribution in [0.3, 0.4) is 0 Å². The molecule has 6 heterocycles. The molecule has 0 radical (unpaired) electrons. The zero-order chi connectivity index (χ0) is 35.6. The maximum atomic E-state index is 12.6. The molecule has 49 heavy (non-hydrogen) atoms. The van der Waals surface area contributed by atoms with Crippen molar-refractivity contribution in [1.29, 1.82) is 0 Å². The fourth-order valence-corrected chi connectivity index (χ4v) is 8.48. The van der Waals surface area contributed by atoms with Crippen molar-refractivity contribution >= 4 is 58.1 Å². The average molecular weight is 774 g/mol. The molecule has 10 atom stereocenters. The predicted molar refractivity (Wildman–Crippen MR) is 154 cm³/mol. The van der Waals surface area contributed by atoms with Crippen LogP contribution >= 0.6 is 35.2 Å². The molecule has 24 nitrogen and oxygen atoms in total. The average Bonchev–Trinajstić information content (AvgIpc) is 3.45. The lowest BCUT2D eigenvalue weighted by atomic mass is 10.1. The number of amides is 1. The van der Waals surface area contributed by atoms with Gasteiger partial charge in [0, 0.05) is 0 Å². The Balaban J connectivity index is 1.08. The van der Waals surface area contributed by atoms with Gasteiger partial charge in [0.2, 0.25) is 0 Å². The third-order valence-electron chi connectivity index (χ3n) is 7.31. The van der Waals surface area contributed by atoms with Crippen LogP contribution in [0.15, 0.2) is 34.8 Å². The Labute approximate surface area is 277 Å². The second-order valence-corrected chi connectivity index (χ2v) is 15.9. The van der Waals surface area contributed by atoms with Gasteiger partial charge in [-0.15, -0.1) is 0 Å². The van der Waals surface area contributed by atoms with E-state index in [0.717, 1.165) is 17.2 Å². The summed E-state index contributed by atoms with van der Waals surface area (Å²) >= 11 is 1.24. The van der Waals surface area contributed by atoms with Gasteiger partial charge in [-0.3, -0.25) is 22.9 Å². The quantitative estimate of drug-likeness (QED) is 0.0387. The Morgan fingerprint density at radius 1 is 0.980 bits per heavy atom. The van der Waals surface area contributed by atoms with Gasteiger partial charge < -0.3 is 55.8 Å². The van der Waals surface area contributed by atoms with Crippen molar-refractivity contribution in [2.45, 2.75) is 59.0 Å². The highest BCUT2D eigenvalue weighted by atomic mass is 32.2. The topological polar surface area (TPSA) is 365 Å². The van der Waals surface area contributed by atoms with E-state index in [1.165, 1.54) is 28.6 Å². The Morgan fingerprint density at radius 2 is 1.63 bits per heavy atom. The standard InChI is InChI=1S/C21H26N7O17P3S/c22-16-11-18(25-5-24-16)28(6-26-11)20-15(44-46(33,34)35)13(30)9(43-20)4-41-48(38,39)45-47(36,37)40-3-8-12(29)14(31)19(42-8)27-2-7(17(23)32)1-10-21(27)49-10/h1-2,5-6,8-9,12-15,19-20,29-31H,3-4H2,(H7-,22,23,24,25,32,33,34,35,36,37,38,39)/p+1/t8-,9-,12-,13-,14-,15-,19-,20-/m1/s1. The van der Waals surface area contributed by atoms with Crippen LogP contribution in [0.25, 0.3) is 11.2 Å². The van der Waals surface area contributed by atoms with Crippen LogP contribution in [0.5, 0.6) is 0 Å². The van der Waals surface area contributed by atoms with Gasteiger partial charge >= 0.3 is 23.5 Å². The molecule has 0 bridgehead atoms. The lowest BCUT2D eigenvalue weighted by Gasteiger charge is -2.22. The molecule has 0 aliphatic carbocycles. The molecule has 1 amide bonds. The summed E-state index contributed by atoms with van der Waals surface area (Å²) in [5, 5.41) is 32.4. The first kappa shape index (κ1) is 36.3. The van der Waals surface area contributed by atoms with E-state index in [1.807, 2.05) is 0 Å². The molecule has 268 valence electrons. The molecule has 0 saturated carbocycles. The number of aromatic nitrogens is 5. The van der Waals surface area contributed by atoms with Gasteiger partial charge in [0.15, 0.2) is 30.0 Å². The highest BCUT2D eigenvalue weighted by molar-refractivity contribution is 8.04. The van der Waals surface area contributed by atoms with Crippen LogP contribution in [0.1, 0.15) is 22.8 Å². The minimum Gasteiger partial charge on any atom is -0.387 e. The molecule has 0 spiro atoms. The summed E-state index contributed by atoms with van der Waals surface area (Å²) in [6.07, 6.45) is -9.63. The Kier molecular flexibility index (Phi) is 9.80. The Bertz CT molecular complexity index is 1930. The molecule has 3 aromatic rings. The van der Waals surface area contributed by atoms with Crippen molar-refractivity contribution in [3.63, 3.8) is 0 Å². The SMILES string of the molecule is NC(=O)c1cc2c([n+]([C@@H]3O[C@H](COP(=O)(O)OP(=O)(O)OC[C@H]4O[C@@H](n5cnc6c(N)ncnc65)[C@H](OP(=O)(O)O)[C@@H]4O)[C@@H](O)[C@H]3O)c1)S2. The van der Waals surface area contributed by atoms with Crippen molar-refractivity contribution in [3.05, 3.63) is 30.5 Å². The van der Waals surface area contributed by atoms with Gasteiger partial charge in [0.25, 0.3) is 17.2 Å². The monoisotopic (exact) mass is 774 g/mol. The number of aliphatic hydroxyl groups is 3. The zero-order valence-corrected chi connectivity index (χ0v) is 27.7. The lowest BCUT2D eigenvalue weighted by molar-refractivity contribution is -0.795. The van der Waals surface area contributed by atoms with Crippen molar-refractivity contribution in [2.24, 2.45) is 5.73 Å². The van der Waals surface area contributed by atoms with Crippen LogP contribution in [0, 0.1) is 0 Å². The van der Waals surface area contributed by atoms with E-state index in [2.05, 4.69) is 19.3 Å². The van der Waals surface area contributed by atoms with Crippen LogP contribution < -0.4 is 16.0 Å². The van der Waals surface area contributed by atoms with Crippen LogP contribution in [-0.2, 0) is 41.1 Å². The second kappa shape index (κ2) is 13.2. The number of nitrogens with two attached hydrogens (primary N) is 2. The number of phosphoric ester groups is 3. The summed E-state index contributed by atoms with van der Waals surface area (Å²) in [4.78, 5) is 63.1. The highest BCUT2D eigenvalue weighted by Crippen LogP contribution is 2.61. The Morgan fingerprint density at radius 3 is 2.27 bits per heavy atom. The molecule has 3 aliphatic heterocycles. The molecule has 2 saturated heterocycles. The number of fused-ring (bicyclic) bond motifs is 2. The minimum atomic E-state index is -5.53. The highest BCUT2D eigenvalue weighted by Gasteiger charge is 2.53. The number of aliphatic hydroxyl groups excluding tert-OH is 3. The number of primary amides is 1. The van der Waals surface area contributed by atoms with Gasteiger partial charge in [-0.05, 0) is 17.8 Å². The smallest absolute Gasteiger partial charge is 0.387 e. The molecule has 2 unspecified atom stereocenters. The van der Waals surface area contributed by atoms with E-state index in [-0.39, 0.29) is 22.5 Å². The zero-order valence-electron chi connectivity index (χ0n) is 24.2. The molecule has 0 aromatic carbocycles. The van der Waals surface area contributed by atoms with E-state index in [9.17, 15) is 53.4 Å². The van der Waals surface area contributed by atoms with E-state index in [0.29, 0.717) is 9.92 Å². The van der Waals surface area contributed by atoms with E-state index >= 15 is 0 Å². The first-order valence-corrected chi connectivity index (χ1v) is 18.9. The number of hydrogen-bond donors (Lipinski definition) is 9. The number of imidazole rings is 1. The molecular formula is C21H27N7O17P3S+. The lowest BCUT2D eigenvalue weighted by Crippen LogP contribution is -2.46. The number of anilines is 1. The molecule has 11 N–H and O–H groups in total. The number of hydrogen-bond acceptors (Lipinski definition) is 18. The first-order valence-electron chi connectivity index (χ1n) is 13.6. The van der Waals surface area contributed by atoms with Crippen molar-refractivity contribution in [1.82, 2.24) is 19.5 Å². The minimum absolute atomic E-state index is 0.00452. The number of phosphoric acid groups is 3. The first-order chi connectivity index (χ1) is 22.8. The normalized spacial score (nSPS) is 30.6. The van der Waals surface area contributed by atoms with Crippen molar-refractivity contribution < 1.29 is 85.3 Å². The molecule has 3 aliphatic rings. The van der Waals surface area contributed by atoms with Crippen LogP contribution in [0.2, 0.25) is 0 Å². The molecular weight excluding hydrogens is 747 g/mol. The maximum Gasteiger partial charge on any atom is 0.481 e. The van der Waals surface area contributed by atoms with Crippen LogP contribution in [0.4, 0.5) is 5.82 Å². The molecule has 6 rings (SSSR count). The summed E-state index contributed by atoms with van der Waals surface area (Å²) in [7, 11) is -16.3. The number of pyridine rings is 1. The van der Waals surface area contributed by atoms with E-state index in [4.69, 9.17) is 34.5 Å². The van der Waals surface area contributed by atoms with Gasteiger partial charge in [-0.2, -0.15) is 8.88 Å². The largest absolute Gasteiger partial charge is 0.481 e. The third-order valence-corrected chi connectivity index (χ3v) is 11.4. The maximum absolute atomic E-state index is 12.6. The van der Waals surface area contributed by atoms with E-state index < -0.39 is 91.7 Å². The van der Waals surface area contributed by atoms with Crippen molar-refractivity contribution in [2.75, 3.05) is 18.9 Å². The van der Waals surface area contributed by atoms with Crippen molar-refractivity contribution in [3.8, 4) is 0 Å². The number of carbonyl (C=O) groups is 1. The van der Waals surface area contributed by atoms with Gasteiger partial charge in [-0.1, -0.05) is 0 Å². The van der Waals surface area contributed by atoms with Gasteiger partial charge in [0.05, 0.1) is 24.4 Å². The van der Waals surface area contributed by atoms with Crippen LogP contribution in [-0.4, -0.2) is 110 Å². The Hall–Kier alpha value is -2.51. The summed E-state index contributed by atoms with van der Waals surface area (Å²) in [5.74, 6) is -0.819. The predicted octanol–water partition coefficient (Wildman–Crippen LogP) is -2.43. The fraction of sp³-hybridized carbons (Fsp3) is 0.476. The molecule has 28 heteroatoms. The number of rotatable bonds is 13. The summed E-state index contributed by atoms with van der Waals surface area (Å²) in [6, 6.07) is 1.52. The molecule has 2 fully saturated rings. The summed E-state index contributed by atoms with van der Waals surface area (Å²) in [5.41, 5.74) is 11.2. The summed E-state index contributed by atoms with van der Waals surface area (Å²) < 4.78 is 68.8. The number of carbonyl (C=O) groups excluding carboxylic acids is 1.